The Bertz CT molecular complexity index is 1130. The highest BCUT2D eigenvalue weighted by molar-refractivity contribution is 5.94. The van der Waals surface area contributed by atoms with Crippen LogP contribution in [0.2, 0.25) is 0 Å². The van der Waals surface area contributed by atoms with Crippen LogP contribution in [0.4, 0.5) is 0 Å². The first-order valence-electron chi connectivity index (χ1n) is 13.7. The minimum atomic E-state index is -1.03. The minimum absolute atomic E-state index is 0.128. The van der Waals surface area contributed by atoms with Crippen molar-refractivity contribution in [2.45, 2.75) is 64.8 Å². The molecule has 0 saturated carbocycles. The molecule has 2 aromatic rings. The number of carbonyl (C=O) groups is 3. The van der Waals surface area contributed by atoms with Gasteiger partial charge in [-0.15, -0.1) is 0 Å². The molecule has 0 fully saturated rings. The Kier molecular flexibility index (Phi) is 10.7. The van der Waals surface area contributed by atoms with Crippen molar-refractivity contribution in [3.8, 4) is 5.75 Å². The van der Waals surface area contributed by atoms with Crippen molar-refractivity contribution < 1.29 is 19.1 Å². The van der Waals surface area contributed by atoms with E-state index in [4.69, 9.17) is 4.74 Å². The number of amides is 3. The fraction of sp³-hybridized carbons (Fsp3) is 0.452. The number of nitrogens with one attached hydrogen (secondary N) is 3. The second kappa shape index (κ2) is 13.9. The molecule has 2 aliphatic heterocycles. The highest BCUT2D eigenvalue weighted by Gasteiger charge is 2.38. The van der Waals surface area contributed by atoms with E-state index in [0.29, 0.717) is 18.6 Å². The van der Waals surface area contributed by atoms with Gasteiger partial charge in [-0.2, -0.15) is 0 Å². The van der Waals surface area contributed by atoms with Crippen LogP contribution < -0.4 is 20.7 Å². The highest BCUT2D eigenvalue weighted by Crippen LogP contribution is 2.21. The zero-order valence-electron chi connectivity index (χ0n) is 23.8. The highest BCUT2D eigenvalue weighted by atomic mass is 16.5. The molecule has 5 atom stereocenters. The molecule has 2 bridgehead atoms. The van der Waals surface area contributed by atoms with E-state index in [0.717, 1.165) is 11.1 Å². The number of likely N-dealkylation sites (N-methyl/N-ethyl adjacent to an activating group) is 1. The van der Waals surface area contributed by atoms with E-state index >= 15 is 0 Å². The summed E-state index contributed by atoms with van der Waals surface area (Å²) in [7, 11) is 3.69. The fourth-order valence-electron chi connectivity index (χ4n) is 4.55. The first kappa shape index (κ1) is 29.9. The minimum Gasteiger partial charge on any atom is -0.487 e. The molecule has 0 aliphatic carbocycles. The van der Waals surface area contributed by atoms with Crippen molar-refractivity contribution in [3.05, 3.63) is 71.9 Å². The third-order valence-corrected chi connectivity index (χ3v) is 7.21. The van der Waals surface area contributed by atoms with E-state index in [-0.39, 0.29) is 23.7 Å². The van der Waals surface area contributed by atoms with Gasteiger partial charge in [-0.25, -0.2) is 0 Å². The number of fused-ring (bicyclic) bond motifs is 10. The summed E-state index contributed by atoms with van der Waals surface area (Å²) in [5.41, 5.74) is 1.91. The van der Waals surface area contributed by atoms with Gasteiger partial charge in [-0.1, -0.05) is 76.6 Å². The molecule has 0 aromatic heterocycles. The molecular weight excluding hydrogens is 492 g/mol. The molecule has 2 aliphatic rings. The van der Waals surface area contributed by atoms with Gasteiger partial charge in [-0.3, -0.25) is 19.3 Å². The Morgan fingerprint density at radius 3 is 2.26 bits per heavy atom. The topological polar surface area (TPSA) is 99.8 Å². The van der Waals surface area contributed by atoms with Crippen LogP contribution in [0.5, 0.6) is 5.75 Å². The molecule has 210 valence electrons. The van der Waals surface area contributed by atoms with Gasteiger partial charge in [0.05, 0.1) is 6.04 Å². The third-order valence-electron chi connectivity index (χ3n) is 7.21. The Labute approximate surface area is 232 Å². The Morgan fingerprint density at radius 2 is 1.67 bits per heavy atom. The van der Waals surface area contributed by atoms with Crippen LogP contribution in [-0.4, -0.2) is 60.9 Å². The van der Waals surface area contributed by atoms with Gasteiger partial charge < -0.3 is 20.7 Å². The monoisotopic (exact) mass is 534 g/mol. The predicted octanol–water partition coefficient (Wildman–Crippen LogP) is 3.38. The number of carbonyl (C=O) groups excluding carboxylic acids is 3. The molecule has 0 spiro atoms. The van der Waals surface area contributed by atoms with Gasteiger partial charge in [0.15, 0.2) is 0 Å². The normalized spacial score (nSPS) is 22.3. The molecule has 0 unspecified atom stereocenters. The molecule has 8 nitrogen and oxygen atoms in total. The summed E-state index contributed by atoms with van der Waals surface area (Å²) in [4.78, 5) is 42.6. The number of hydrogen-bond donors (Lipinski definition) is 3. The lowest BCUT2D eigenvalue weighted by Crippen LogP contribution is -2.62. The average molecular weight is 535 g/mol. The van der Waals surface area contributed by atoms with Crippen LogP contribution in [0.25, 0.3) is 6.08 Å². The van der Waals surface area contributed by atoms with Crippen LogP contribution in [-0.2, 0) is 20.8 Å². The summed E-state index contributed by atoms with van der Waals surface area (Å²) >= 11 is 0. The van der Waals surface area contributed by atoms with Crippen molar-refractivity contribution in [2.24, 2.45) is 11.8 Å². The fourth-order valence-corrected chi connectivity index (χ4v) is 4.55. The Balaban J connectivity index is 1.99. The number of ether oxygens (including phenoxy) is 1. The van der Waals surface area contributed by atoms with Crippen LogP contribution in [0.15, 0.2) is 60.8 Å². The maximum atomic E-state index is 13.9. The summed E-state index contributed by atoms with van der Waals surface area (Å²) in [6, 6.07) is 14.8. The summed E-state index contributed by atoms with van der Waals surface area (Å²) < 4.78 is 6.35. The van der Waals surface area contributed by atoms with Crippen LogP contribution >= 0.6 is 0 Å². The molecule has 2 aromatic carbocycles. The molecule has 3 amide bonds. The summed E-state index contributed by atoms with van der Waals surface area (Å²) in [6.07, 6.45) is 3.85. The van der Waals surface area contributed by atoms with Crippen molar-refractivity contribution in [1.29, 1.82) is 0 Å². The quantitative estimate of drug-likeness (QED) is 0.482. The first-order chi connectivity index (χ1) is 18.6. The lowest BCUT2D eigenvalue weighted by atomic mass is 9.94. The maximum absolute atomic E-state index is 13.9. The number of rotatable bonds is 8. The summed E-state index contributed by atoms with van der Waals surface area (Å²) in [5.74, 6) is -0.734. The largest absolute Gasteiger partial charge is 0.487 e. The van der Waals surface area contributed by atoms with Crippen LogP contribution in [0.1, 0.15) is 45.2 Å². The molecule has 0 radical (unpaired) electrons. The van der Waals surface area contributed by atoms with Crippen LogP contribution in [0.3, 0.4) is 0 Å². The molecule has 39 heavy (non-hydrogen) atoms. The van der Waals surface area contributed by atoms with E-state index in [1.165, 1.54) is 0 Å². The number of benzene rings is 2. The summed E-state index contributed by atoms with van der Waals surface area (Å²) in [6.45, 7) is 7.78. The van der Waals surface area contributed by atoms with Gasteiger partial charge >= 0.3 is 0 Å². The summed E-state index contributed by atoms with van der Waals surface area (Å²) in [5, 5.41) is 8.73. The molecule has 3 N–H and O–H groups in total. The van der Waals surface area contributed by atoms with E-state index in [1.807, 2.05) is 101 Å². The van der Waals surface area contributed by atoms with E-state index in [9.17, 15) is 14.4 Å². The second-order valence-corrected chi connectivity index (χ2v) is 10.8. The number of nitrogens with zero attached hydrogens (tertiary/aromatic N) is 1. The Hall–Kier alpha value is -3.65. The van der Waals surface area contributed by atoms with Crippen molar-refractivity contribution >= 4 is 23.8 Å². The Morgan fingerprint density at radius 1 is 1.00 bits per heavy atom. The molecule has 2 heterocycles. The van der Waals surface area contributed by atoms with Crippen molar-refractivity contribution in [1.82, 2.24) is 20.9 Å². The van der Waals surface area contributed by atoms with Gasteiger partial charge in [0, 0.05) is 6.20 Å². The van der Waals surface area contributed by atoms with E-state index < -0.39 is 30.1 Å². The number of hydrogen-bond acceptors (Lipinski definition) is 5. The smallest absolute Gasteiger partial charge is 0.247 e. The lowest BCUT2D eigenvalue weighted by Gasteiger charge is -2.34. The molecular formula is C31H42N4O4. The molecule has 0 saturated heterocycles. The zero-order chi connectivity index (χ0) is 28.5. The predicted molar refractivity (Wildman–Crippen MR) is 154 cm³/mol. The van der Waals surface area contributed by atoms with E-state index in [1.54, 1.807) is 12.3 Å². The van der Waals surface area contributed by atoms with Gasteiger partial charge in [0.2, 0.25) is 17.7 Å². The van der Waals surface area contributed by atoms with Gasteiger partial charge in [0.1, 0.15) is 23.9 Å². The van der Waals surface area contributed by atoms with Crippen molar-refractivity contribution in [2.75, 3.05) is 14.1 Å². The van der Waals surface area contributed by atoms with Crippen LogP contribution in [0, 0.1) is 11.8 Å². The van der Waals surface area contributed by atoms with Gasteiger partial charge in [-0.05, 0) is 61.7 Å². The third kappa shape index (κ3) is 8.17. The average Bonchev–Trinajstić information content (AvgIpc) is 2.92. The van der Waals surface area contributed by atoms with Crippen molar-refractivity contribution in [3.63, 3.8) is 0 Å². The second-order valence-electron chi connectivity index (χ2n) is 10.8. The van der Waals surface area contributed by atoms with Gasteiger partial charge in [0.25, 0.3) is 0 Å². The SMILES string of the molecule is CC[C@@H](C)[C@@H]1NC(=O)[C@H](NC(=O)[C@@H](Cc2ccccc2)N(C)C)[C@H](C(C)C)Oc2ccc(cc2)/C=C/NC1=O. The molecule has 4 rings (SSSR count). The maximum Gasteiger partial charge on any atom is 0.247 e. The van der Waals surface area contributed by atoms with E-state index in [2.05, 4.69) is 16.0 Å². The molecule has 8 heteroatoms. The lowest BCUT2D eigenvalue weighted by molar-refractivity contribution is -0.136. The zero-order valence-corrected chi connectivity index (χ0v) is 23.8. The first-order valence-corrected chi connectivity index (χ1v) is 13.7. The standard InChI is InChI=1S/C31H42N4O4/c1-7-21(4)26-30(37)32-18-17-22-13-15-24(16-14-22)39-28(20(2)3)27(31(38)33-26)34-29(36)25(35(5)6)19-23-11-9-8-10-12-23/h8-18,20-21,25-28H,7,19H2,1-6H3,(H,32,37)(H,33,38)(H,34,36)/b18-17+/t21-,25-,26+,27-,28+/m1/s1.